The SMILES string of the molecule is c1ccc(Nc2nnc(-c3sccc3SCc3ccnc4ccccc34)s2)cc1. The van der Waals surface area contributed by atoms with Crippen molar-refractivity contribution in [2.45, 2.75) is 10.6 Å². The molecule has 0 spiro atoms. The van der Waals surface area contributed by atoms with E-state index in [4.69, 9.17) is 0 Å². The lowest BCUT2D eigenvalue weighted by atomic mass is 10.1. The van der Waals surface area contributed by atoms with Gasteiger partial charge in [0, 0.05) is 27.9 Å². The van der Waals surface area contributed by atoms with Crippen LogP contribution in [0, 0.1) is 0 Å². The summed E-state index contributed by atoms with van der Waals surface area (Å²) in [5.74, 6) is 0.890. The average Bonchev–Trinajstić information content (AvgIpc) is 3.42. The van der Waals surface area contributed by atoms with Crippen molar-refractivity contribution in [2.24, 2.45) is 0 Å². The van der Waals surface area contributed by atoms with Crippen LogP contribution in [0.2, 0.25) is 0 Å². The van der Waals surface area contributed by atoms with Gasteiger partial charge in [0.1, 0.15) is 0 Å². The highest BCUT2D eigenvalue weighted by Gasteiger charge is 2.14. The summed E-state index contributed by atoms with van der Waals surface area (Å²) in [5, 5.41) is 17.1. The molecule has 0 aliphatic heterocycles. The zero-order chi connectivity index (χ0) is 19.5. The quantitative estimate of drug-likeness (QED) is 0.297. The van der Waals surface area contributed by atoms with Crippen LogP contribution in [0.3, 0.4) is 0 Å². The second kappa shape index (κ2) is 8.32. The molecule has 142 valence electrons. The van der Waals surface area contributed by atoms with Crippen molar-refractivity contribution in [3.05, 3.63) is 83.9 Å². The van der Waals surface area contributed by atoms with E-state index < -0.39 is 0 Å². The molecule has 0 bridgehead atoms. The molecule has 0 amide bonds. The van der Waals surface area contributed by atoms with Crippen molar-refractivity contribution in [3.8, 4) is 9.88 Å². The fourth-order valence-corrected chi connectivity index (χ4v) is 6.09. The van der Waals surface area contributed by atoms with Gasteiger partial charge in [-0.15, -0.1) is 33.3 Å². The monoisotopic (exact) mass is 432 g/mol. The summed E-state index contributed by atoms with van der Waals surface area (Å²) in [5.41, 5.74) is 3.35. The molecule has 29 heavy (non-hydrogen) atoms. The van der Waals surface area contributed by atoms with E-state index in [1.165, 1.54) is 20.7 Å². The fraction of sp³-hybridized carbons (Fsp3) is 0.0455. The van der Waals surface area contributed by atoms with Gasteiger partial charge in [0.25, 0.3) is 0 Å². The van der Waals surface area contributed by atoms with Gasteiger partial charge in [-0.3, -0.25) is 4.98 Å². The Labute approximate surface area is 180 Å². The molecule has 7 heteroatoms. The molecular weight excluding hydrogens is 416 g/mol. The maximum absolute atomic E-state index is 4.46. The van der Waals surface area contributed by atoms with Crippen molar-refractivity contribution in [1.29, 1.82) is 0 Å². The van der Waals surface area contributed by atoms with Crippen LogP contribution in [-0.2, 0) is 5.75 Å². The van der Waals surface area contributed by atoms with Crippen LogP contribution < -0.4 is 5.32 Å². The molecule has 4 nitrogen and oxygen atoms in total. The standard InChI is InChI=1S/C22H16N4S3/c1-2-6-16(7-3-1)24-22-26-25-21(29-22)20-19(11-13-27-20)28-14-15-10-12-23-18-9-5-4-8-17(15)18/h1-13H,14H2,(H,24,26). The fourth-order valence-electron chi connectivity index (χ4n) is 3.01. The zero-order valence-electron chi connectivity index (χ0n) is 15.3. The number of thioether (sulfide) groups is 1. The number of aromatic nitrogens is 3. The molecular formula is C22H16N4S3. The van der Waals surface area contributed by atoms with E-state index in [0.717, 1.165) is 27.1 Å². The number of anilines is 2. The predicted octanol–water partition coefficient (Wildman–Crippen LogP) is 6.85. The highest BCUT2D eigenvalue weighted by molar-refractivity contribution is 7.98. The number of nitrogens with zero attached hydrogens (tertiary/aromatic N) is 3. The summed E-state index contributed by atoms with van der Waals surface area (Å²) in [6.45, 7) is 0. The van der Waals surface area contributed by atoms with E-state index in [1.807, 2.05) is 54.4 Å². The highest BCUT2D eigenvalue weighted by Crippen LogP contribution is 2.40. The Hall–Kier alpha value is -2.74. The first-order valence-corrected chi connectivity index (χ1v) is 11.7. The molecule has 0 radical (unpaired) electrons. The minimum atomic E-state index is 0.802. The van der Waals surface area contributed by atoms with Crippen LogP contribution in [0.25, 0.3) is 20.8 Å². The molecule has 3 aromatic heterocycles. The van der Waals surface area contributed by atoms with Crippen LogP contribution in [0.4, 0.5) is 10.8 Å². The van der Waals surface area contributed by atoms with Crippen molar-refractivity contribution < 1.29 is 0 Å². The topological polar surface area (TPSA) is 50.7 Å². The summed E-state index contributed by atoms with van der Waals surface area (Å²) >= 11 is 5.12. The number of fused-ring (bicyclic) bond motifs is 1. The lowest BCUT2D eigenvalue weighted by Gasteiger charge is -2.06. The Morgan fingerprint density at radius 3 is 2.69 bits per heavy atom. The smallest absolute Gasteiger partial charge is 0.210 e. The number of rotatable bonds is 6. The second-order valence-corrected chi connectivity index (χ2v) is 9.20. The van der Waals surface area contributed by atoms with Gasteiger partial charge in [-0.25, -0.2) is 0 Å². The Morgan fingerprint density at radius 1 is 0.897 bits per heavy atom. The van der Waals surface area contributed by atoms with E-state index in [-0.39, 0.29) is 0 Å². The van der Waals surface area contributed by atoms with Gasteiger partial charge in [0.2, 0.25) is 5.13 Å². The largest absolute Gasteiger partial charge is 0.330 e. The molecule has 5 rings (SSSR count). The lowest BCUT2D eigenvalue weighted by molar-refractivity contribution is 1.10. The molecule has 0 atom stereocenters. The highest BCUT2D eigenvalue weighted by atomic mass is 32.2. The molecule has 1 N–H and O–H groups in total. The van der Waals surface area contributed by atoms with Crippen LogP contribution in [0.1, 0.15) is 5.56 Å². The maximum Gasteiger partial charge on any atom is 0.210 e. The molecule has 0 fully saturated rings. The summed E-state index contributed by atoms with van der Waals surface area (Å²) in [7, 11) is 0. The van der Waals surface area contributed by atoms with Gasteiger partial charge in [0.15, 0.2) is 5.01 Å². The third kappa shape index (κ3) is 4.03. The average molecular weight is 433 g/mol. The molecule has 5 aromatic rings. The Morgan fingerprint density at radius 2 is 1.76 bits per heavy atom. The van der Waals surface area contributed by atoms with Crippen molar-refractivity contribution in [3.63, 3.8) is 0 Å². The second-order valence-electron chi connectivity index (χ2n) is 6.29. The predicted molar refractivity (Wildman–Crippen MR) is 124 cm³/mol. The number of nitrogens with one attached hydrogen (secondary N) is 1. The number of hydrogen-bond donors (Lipinski definition) is 1. The summed E-state index contributed by atoms with van der Waals surface area (Å²) in [6.07, 6.45) is 1.89. The van der Waals surface area contributed by atoms with E-state index in [9.17, 15) is 0 Å². The summed E-state index contributed by atoms with van der Waals surface area (Å²) in [4.78, 5) is 6.87. The third-order valence-corrected chi connectivity index (χ3v) is 7.54. The third-order valence-electron chi connectivity index (χ3n) is 4.40. The molecule has 0 aliphatic rings. The van der Waals surface area contributed by atoms with E-state index in [1.54, 1.807) is 22.7 Å². The van der Waals surface area contributed by atoms with Gasteiger partial charge in [-0.2, -0.15) is 0 Å². The van der Waals surface area contributed by atoms with Gasteiger partial charge >= 0.3 is 0 Å². The molecule has 2 aromatic carbocycles. The van der Waals surface area contributed by atoms with Gasteiger partial charge in [-0.05, 0) is 41.3 Å². The minimum absolute atomic E-state index is 0.802. The normalized spacial score (nSPS) is 11.0. The zero-order valence-corrected chi connectivity index (χ0v) is 17.7. The Bertz CT molecular complexity index is 1240. The van der Waals surface area contributed by atoms with Crippen LogP contribution >= 0.6 is 34.4 Å². The van der Waals surface area contributed by atoms with E-state index >= 15 is 0 Å². The van der Waals surface area contributed by atoms with Crippen LogP contribution in [0.15, 0.2) is 83.2 Å². The molecule has 0 saturated heterocycles. The first-order chi connectivity index (χ1) is 14.4. The van der Waals surface area contributed by atoms with E-state index in [0.29, 0.717) is 0 Å². The Kier molecular flexibility index (Phi) is 5.25. The Balaban J connectivity index is 1.35. The number of thiophene rings is 1. The van der Waals surface area contributed by atoms with Crippen molar-refractivity contribution in [2.75, 3.05) is 5.32 Å². The molecule has 3 heterocycles. The molecule has 0 saturated carbocycles. The summed E-state index contributed by atoms with van der Waals surface area (Å²) in [6, 6.07) is 22.6. The van der Waals surface area contributed by atoms with Crippen LogP contribution in [0.5, 0.6) is 0 Å². The number of pyridine rings is 1. The molecule has 0 unspecified atom stereocenters. The molecule has 0 aliphatic carbocycles. The first-order valence-electron chi connectivity index (χ1n) is 9.06. The number of hydrogen-bond acceptors (Lipinski definition) is 7. The van der Waals surface area contributed by atoms with E-state index in [2.05, 4.69) is 56.2 Å². The van der Waals surface area contributed by atoms with Crippen molar-refractivity contribution >= 4 is 56.2 Å². The number of benzene rings is 2. The first kappa shape index (κ1) is 18.3. The number of para-hydroxylation sites is 2. The van der Waals surface area contributed by atoms with Crippen LogP contribution in [-0.4, -0.2) is 15.2 Å². The van der Waals surface area contributed by atoms with Gasteiger partial charge in [0.05, 0.1) is 10.4 Å². The summed E-state index contributed by atoms with van der Waals surface area (Å²) < 4.78 is 0. The lowest BCUT2D eigenvalue weighted by Crippen LogP contribution is -1.87. The minimum Gasteiger partial charge on any atom is -0.330 e. The maximum atomic E-state index is 4.46. The van der Waals surface area contributed by atoms with Gasteiger partial charge < -0.3 is 5.32 Å². The van der Waals surface area contributed by atoms with Crippen molar-refractivity contribution in [1.82, 2.24) is 15.2 Å². The van der Waals surface area contributed by atoms with Gasteiger partial charge in [-0.1, -0.05) is 47.7 Å².